The molecule has 0 saturated carbocycles. The number of benzene rings is 3. The van der Waals surface area contributed by atoms with E-state index in [1.54, 1.807) is 0 Å². The van der Waals surface area contributed by atoms with Crippen LogP contribution in [0.4, 0.5) is 0 Å². The molecular formula is C25H26NO6P. The van der Waals surface area contributed by atoms with Crippen molar-refractivity contribution in [2.75, 3.05) is 6.61 Å². The van der Waals surface area contributed by atoms with Gasteiger partial charge in [0.05, 0.1) is 12.8 Å². The molecule has 172 valence electrons. The lowest BCUT2D eigenvalue weighted by molar-refractivity contribution is -0.301. The van der Waals surface area contributed by atoms with Crippen LogP contribution >= 0.6 is 7.92 Å². The molecule has 7 nitrogen and oxygen atoms in total. The third kappa shape index (κ3) is 5.31. The number of rotatable bonds is 7. The van der Waals surface area contributed by atoms with Crippen LogP contribution in [0.3, 0.4) is 0 Å². The van der Waals surface area contributed by atoms with Crippen molar-refractivity contribution in [1.82, 2.24) is 0 Å². The summed E-state index contributed by atoms with van der Waals surface area (Å²) in [5, 5.41) is 46.8. The molecular weight excluding hydrogens is 441 g/mol. The minimum atomic E-state index is -1.52. The fraction of sp³-hybridized carbons (Fsp3) is 0.240. The van der Waals surface area contributed by atoms with E-state index in [9.17, 15) is 20.4 Å². The van der Waals surface area contributed by atoms with Gasteiger partial charge in [0.2, 0.25) is 0 Å². The van der Waals surface area contributed by atoms with Crippen molar-refractivity contribution in [3.05, 3.63) is 90.5 Å². The van der Waals surface area contributed by atoms with E-state index < -0.39 is 45.2 Å². The van der Waals surface area contributed by atoms with Crippen LogP contribution in [-0.2, 0) is 9.57 Å². The zero-order chi connectivity index (χ0) is 23.2. The molecule has 4 rings (SSSR count). The van der Waals surface area contributed by atoms with Crippen molar-refractivity contribution in [2.24, 2.45) is 5.16 Å². The van der Waals surface area contributed by atoms with Gasteiger partial charge in [0, 0.05) is 5.56 Å². The van der Waals surface area contributed by atoms with Crippen molar-refractivity contribution in [3.63, 3.8) is 0 Å². The molecule has 0 aliphatic carbocycles. The quantitative estimate of drug-likeness (QED) is 0.230. The van der Waals surface area contributed by atoms with Crippen LogP contribution in [0.1, 0.15) is 5.56 Å². The predicted molar refractivity (Wildman–Crippen MR) is 128 cm³/mol. The maximum absolute atomic E-state index is 10.1. The highest BCUT2D eigenvalue weighted by Crippen LogP contribution is 2.33. The third-order valence-electron chi connectivity index (χ3n) is 5.41. The Bertz CT molecular complexity index is 1010. The Morgan fingerprint density at radius 3 is 1.97 bits per heavy atom. The second-order valence-corrected chi connectivity index (χ2v) is 9.79. The van der Waals surface area contributed by atoms with Gasteiger partial charge in [-0.1, -0.05) is 90.1 Å². The Labute approximate surface area is 193 Å². The van der Waals surface area contributed by atoms with Gasteiger partial charge in [-0.25, -0.2) is 0 Å². The molecule has 0 bridgehead atoms. The molecule has 8 heteroatoms. The number of aliphatic hydroxyl groups is 4. The van der Waals surface area contributed by atoms with E-state index in [2.05, 4.69) is 35.5 Å². The molecule has 1 aliphatic rings. The van der Waals surface area contributed by atoms with Crippen LogP contribution in [-0.4, -0.2) is 64.0 Å². The van der Waals surface area contributed by atoms with E-state index >= 15 is 0 Å². The first kappa shape index (κ1) is 23.5. The van der Waals surface area contributed by atoms with Crippen molar-refractivity contribution in [1.29, 1.82) is 0 Å². The largest absolute Gasteiger partial charge is 0.394 e. The molecule has 1 fully saturated rings. The molecule has 33 heavy (non-hydrogen) atoms. The van der Waals surface area contributed by atoms with Crippen LogP contribution in [0.15, 0.2) is 90.1 Å². The van der Waals surface area contributed by atoms with Gasteiger partial charge in [0.15, 0.2) is 0 Å². The molecule has 1 heterocycles. The van der Waals surface area contributed by atoms with Crippen molar-refractivity contribution >= 4 is 30.0 Å². The molecule has 0 aromatic heterocycles. The summed E-state index contributed by atoms with van der Waals surface area (Å²) >= 11 is 0. The molecule has 3 aromatic rings. The van der Waals surface area contributed by atoms with Crippen LogP contribution < -0.4 is 15.9 Å². The zero-order valence-corrected chi connectivity index (χ0v) is 18.6. The zero-order valence-electron chi connectivity index (χ0n) is 17.8. The Hall–Kier alpha value is -2.64. The van der Waals surface area contributed by atoms with E-state index in [1.165, 1.54) is 16.8 Å². The van der Waals surface area contributed by atoms with E-state index in [-0.39, 0.29) is 0 Å². The van der Waals surface area contributed by atoms with Crippen LogP contribution in [0.25, 0.3) is 0 Å². The molecule has 0 unspecified atom stereocenters. The standard InChI is InChI=1S/C25H26NO6P/c27-16-20-22(28)23(29)24(30)25(31-20)32-26-15-17-9-7-8-14-21(17)33(18-10-3-1-4-11-18)19-12-5-2-6-13-19/h1-15,20,22-25,27-30H,16H2/b26-15+/t20-,22+,23+,24-,25+/m1/s1. The smallest absolute Gasteiger partial charge is 0.256 e. The van der Waals surface area contributed by atoms with E-state index in [1.807, 2.05) is 54.6 Å². The van der Waals surface area contributed by atoms with Crippen LogP contribution in [0, 0.1) is 0 Å². The minimum Gasteiger partial charge on any atom is -0.394 e. The molecule has 0 spiro atoms. The van der Waals surface area contributed by atoms with Gasteiger partial charge in [-0.3, -0.25) is 0 Å². The van der Waals surface area contributed by atoms with Crippen LogP contribution in [0.2, 0.25) is 0 Å². The number of hydrogen-bond acceptors (Lipinski definition) is 7. The summed E-state index contributed by atoms with van der Waals surface area (Å²) in [4.78, 5) is 5.32. The summed E-state index contributed by atoms with van der Waals surface area (Å²) < 4.78 is 5.34. The third-order valence-corrected chi connectivity index (χ3v) is 7.93. The predicted octanol–water partition coefficient (Wildman–Crippen LogP) is 0.595. The molecule has 4 N–H and O–H groups in total. The average Bonchev–Trinajstić information content (AvgIpc) is 2.86. The van der Waals surface area contributed by atoms with Gasteiger partial charge in [0.1, 0.15) is 24.4 Å². The number of ether oxygens (including phenoxy) is 1. The first-order valence-electron chi connectivity index (χ1n) is 10.6. The van der Waals surface area contributed by atoms with Crippen molar-refractivity contribution in [3.8, 4) is 0 Å². The maximum atomic E-state index is 10.1. The first-order chi connectivity index (χ1) is 16.1. The fourth-order valence-corrected chi connectivity index (χ4v) is 6.10. The normalized spacial score (nSPS) is 25.4. The van der Waals surface area contributed by atoms with Gasteiger partial charge in [-0.2, -0.15) is 0 Å². The average molecular weight is 467 g/mol. The van der Waals surface area contributed by atoms with E-state index in [0.29, 0.717) is 0 Å². The second kappa shape index (κ2) is 11.0. The Kier molecular flexibility index (Phi) is 7.83. The summed E-state index contributed by atoms with van der Waals surface area (Å²) in [7, 11) is -0.863. The fourth-order valence-electron chi connectivity index (χ4n) is 3.68. The molecule has 3 aromatic carbocycles. The summed E-state index contributed by atoms with van der Waals surface area (Å²) in [5.74, 6) is 0. The summed E-state index contributed by atoms with van der Waals surface area (Å²) in [5.41, 5.74) is 0.834. The summed E-state index contributed by atoms with van der Waals surface area (Å²) in [6.45, 7) is -0.532. The lowest BCUT2D eigenvalue weighted by atomic mass is 9.99. The molecule has 1 saturated heterocycles. The molecule has 0 radical (unpaired) electrons. The van der Waals surface area contributed by atoms with Gasteiger partial charge < -0.3 is 30.0 Å². The van der Waals surface area contributed by atoms with Gasteiger partial charge >= 0.3 is 0 Å². The number of oxime groups is 1. The first-order valence-corrected chi connectivity index (χ1v) is 11.9. The van der Waals surface area contributed by atoms with Crippen molar-refractivity contribution < 1.29 is 30.0 Å². The summed E-state index contributed by atoms with van der Waals surface area (Å²) in [6.07, 6.45) is -5.32. The van der Waals surface area contributed by atoms with Gasteiger partial charge in [-0.15, -0.1) is 0 Å². The minimum absolute atomic E-state index is 0.532. The van der Waals surface area contributed by atoms with Crippen molar-refractivity contribution in [2.45, 2.75) is 30.7 Å². The van der Waals surface area contributed by atoms with E-state index in [4.69, 9.17) is 9.57 Å². The number of aliphatic hydroxyl groups excluding tert-OH is 4. The number of nitrogens with zero attached hydrogens (tertiary/aromatic N) is 1. The highest BCUT2D eigenvalue weighted by atomic mass is 31.1. The van der Waals surface area contributed by atoms with E-state index in [0.717, 1.165) is 10.9 Å². The lowest BCUT2D eigenvalue weighted by Gasteiger charge is -2.38. The van der Waals surface area contributed by atoms with Gasteiger partial charge in [-0.05, 0) is 23.8 Å². The van der Waals surface area contributed by atoms with Gasteiger partial charge in [0.25, 0.3) is 6.29 Å². The highest BCUT2D eigenvalue weighted by Gasteiger charge is 2.44. The Morgan fingerprint density at radius 2 is 1.36 bits per heavy atom. The Morgan fingerprint density at radius 1 is 0.788 bits per heavy atom. The second-order valence-electron chi connectivity index (χ2n) is 7.60. The SMILES string of the molecule is OC[C@H]1O[C@@H](O/N=C/c2ccccc2P(c2ccccc2)c2ccccc2)[C@H](O)[C@@H](O)[C@H]1O. The monoisotopic (exact) mass is 467 g/mol. The number of hydrogen-bond donors (Lipinski definition) is 4. The Balaban J connectivity index is 1.61. The summed E-state index contributed by atoms with van der Waals surface area (Å²) in [6, 6.07) is 28.4. The maximum Gasteiger partial charge on any atom is 0.256 e. The lowest BCUT2D eigenvalue weighted by Crippen LogP contribution is -2.58. The van der Waals surface area contributed by atoms with Crippen LogP contribution in [0.5, 0.6) is 0 Å². The topological polar surface area (TPSA) is 112 Å². The molecule has 5 atom stereocenters. The molecule has 0 amide bonds. The molecule has 1 aliphatic heterocycles. The highest BCUT2D eigenvalue weighted by molar-refractivity contribution is 7.80.